The van der Waals surface area contributed by atoms with Crippen LogP contribution >= 0.6 is 0 Å². The zero-order chi connectivity index (χ0) is 13.4. The third kappa shape index (κ3) is 5.86. The molecule has 1 atom stereocenters. The first-order valence-corrected chi connectivity index (χ1v) is 6.52. The van der Waals surface area contributed by atoms with Crippen LogP contribution < -0.4 is 16.4 Å². The average molecular weight is 256 g/mol. The first kappa shape index (κ1) is 14.8. The number of carbonyl (C=O) groups excluding carboxylic acids is 1. The average Bonchev–Trinajstić information content (AvgIpc) is 2.84. The van der Waals surface area contributed by atoms with Gasteiger partial charge in [0, 0.05) is 25.6 Å². The number of hydrogen-bond acceptors (Lipinski definition) is 3. The lowest BCUT2D eigenvalue weighted by Crippen LogP contribution is -2.39. The molecule has 104 valence electrons. The predicted octanol–water partition coefficient (Wildman–Crippen LogP) is -0.158. The third-order valence-corrected chi connectivity index (χ3v) is 2.74. The quantitative estimate of drug-likeness (QED) is 0.350. The van der Waals surface area contributed by atoms with E-state index in [0.29, 0.717) is 25.6 Å². The van der Waals surface area contributed by atoms with E-state index >= 15 is 0 Å². The molecule has 0 saturated carbocycles. The molecule has 1 rings (SSSR count). The molecule has 1 aliphatic rings. The van der Waals surface area contributed by atoms with E-state index in [-0.39, 0.29) is 17.9 Å². The molecule has 0 bridgehead atoms. The Bertz CT molecular complexity index is 286. The number of hydrogen-bond donors (Lipinski definition) is 3. The summed E-state index contributed by atoms with van der Waals surface area (Å²) in [6.07, 6.45) is 2.38. The van der Waals surface area contributed by atoms with Gasteiger partial charge in [-0.1, -0.05) is 13.8 Å². The molecule has 18 heavy (non-hydrogen) atoms. The van der Waals surface area contributed by atoms with Crippen LogP contribution in [0.2, 0.25) is 0 Å². The number of nitrogens with one attached hydrogen (secondary N) is 2. The van der Waals surface area contributed by atoms with Crippen LogP contribution in [0, 0.1) is 5.92 Å². The second-order valence-electron chi connectivity index (χ2n) is 4.73. The fourth-order valence-corrected chi connectivity index (χ4v) is 1.62. The number of nitrogens with zero attached hydrogens (tertiary/aromatic N) is 1. The Morgan fingerprint density at radius 1 is 1.44 bits per heavy atom. The lowest BCUT2D eigenvalue weighted by atomic mass is 10.2. The number of aliphatic imine (C=N–C) groups is 1. The monoisotopic (exact) mass is 256 g/mol. The zero-order valence-corrected chi connectivity index (χ0v) is 11.2. The summed E-state index contributed by atoms with van der Waals surface area (Å²) < 4.78 is 5.44. The van der Waals surface area contributed by atoms with E-state index in [1.807, 2.05) is 13.8 Å². The molecular weight excluding hydrogens is 232 g/mol. The molecule has 1 aliphatic heterocycles. The minimum atomic E-state index is 0.00975. The highest BCUT2D eigenvalue weighted by atomic mass is 16.5. The first-order chi connectivity index (χ1) is 8.59. The van der Waals surface area contributed by atoms with Gasteiger partial charge in [-0.05, 0) is 12.8 Å². The number of guanidine groups is 1. The van der Waals surface area contributed by atoms with Crippen LogP contribution in [0.3, 0.4) is 0 Å². The molecule has 0 radical (unpaired) electrons. The van der Waals surface area contributed by atoms with Gasteiger partial charge in [-0.15, -0.1) is 0 Å². The second-order valence-corrected chi connectivity index (χ2v) is 4.73. The Balaban J connectivity index is 2.06. The summed E-state index contributed by atoms with van der Waals surface area (Å²) in [6, 6.07) is 0. The van der Waals surface area contributed by atoms with Crippen molar-refractivity contribution in [2.75, 3.05) is 26.2 Å². The lowest BCUT2D eigenvalue weighted by molar-refractivity contribution is -0.123. The van der Waals surface area contributed by atoms with Gasteiger partial charge in [-0.3, -0.25) is 9.79 Å². The summed E-state index contributed by atoms with van der Waals surface area (Å²) >= 11 is 0. The molecule has 0 aliphatic carbocycles. The topological polar surface area (TPSA) is 88.7 Å². The van der Waals surface area contributed by atoms with E-state index in [1.165, 1.54) is 0 Å². The van der Waals surface area contributed by atoms with Gasteiger partial charge >= 0.3 is 0 Å². The minimum absolute atomic E-state index is 0.00975. The van der Waals surface area contributed by atoms with E-state index in [9.17, 15) is 4.79 Å². The van der Waals surface area contributed by atoms with Gasteiger partial charge in [-0.25, -0.2) is 0 Å². The van der Waals surface area contributed by atoms with Crippen LogP contribution in [0.25, 0.3) is 0 Å². The lowest BCUT2D eigenvalue weighted by Gasteiger charge is -2.10. The first-order valence-electron chi connectivity index (χ1n) is 6.52. The van der Waals surface area contributed by atoms with Gasteiger partial charge in [0.05, 0.1) is 12.6 Å². The molecule has 1 amide bonds. The van der Waals surface area contributed by atoms with Crippen LogP contribution in [-0.4, -0.2) is 44.2 Å². The highest BCUT2D eigenvalue weighted by molar-refractivity contribution is 5.79. The van der Waals surface area contributed by atoms with E-state index in [1.54, 1.807) is 0 Å². The van der Waals surface area contributed by atoms with E-state index in [4.69, 9.17) is 10.5 Å². The molecule has 0 aromatic carbocycles. The largest absolute Gasteiger partial charge is 0.376 e. The Hall–Kier alpha value is -1.30. The number of rotatable bonds is 6. The molecule has 0 aromatic rings. The summed E-state index contributed by atoms with van der Waals surface area (Å²) in [5, 5.41) is 5.76. The van der Waals surface area contributed by atoms with Crippen molar-refractivity contribution in [1.29, 1.82) is 0 Å². The SMILES string of the molecule is CC(C)C(=O)NCCNC(N)=NCC1CCCO1. The van der Waals surface area contributed by atoms with Gasteiger partial charge in [0.25, 0.3) is 0 Å². The summed E-state index contributed by atoms with van der Waals surface area (Å²) in [7, 11) is 0. The maximum absolute atomic E-state index is 11.3. The van der Waals surface area contributed by atoms with Crippen molar-refractivity contribution in [3.8, 4) is 0 Å². The van der Waals surface area contributed by atoms with Crippen molar-refractivity contribution < 1.29 is 9.53 Å². The van der Waals surface area contributed by atoms with E-state index in [0.717, 1.165) is 19.4 Å². The molecule has 4 N–H and O–H groups in total. The maximum atomic E-state index is 11.3. The third-order valence-electron chi connectivity index (χ3n) is 2.74. The molecule has 0 aromatic heterocycles. The highest BCUT2D eigenvalue weighted by Crippen LogP contribution is 2.11. The standard InChI is InChI=1S/C12H24N4O2/c1-9(2)11(17)14-5-6-15-12(13)16-8-10-4-3-7-18-10/h9-10H,3-8H2,1-2H3,(H,14,17)(H3,13,15,16). The molecule has 1 heterocycles. The van der Waals surface area contributed by atoms with E-state index in [2.05, 4.69) is 15.6 Å². The molecule has 1 unspecified atom stereocenters. The smallest absolute Gasteiger partial charge is 0.222 e. The van der Waals surface area contributed by atoms with E-state index < -0.39 is 0 Å². The Morgan fingerprint density at radius 2 is 2.17 bits per heavy atom. The van der Waals surface area contributed by atoms with Crippen LogP contribution in [0.4, 0.5) is 0 Å². The highest BCUT2D eigenvalue weighted by Gasteiger charge is 2.14. The fourth-order valence-electron chi connectivity index (χ4n) is 1.62. The van der Waals surface area contributed by atoms with Crippen LogP contribution in [0.5, 0.6) is 0 Å². The van der Waals surface area contributed by atoms with Gasteiger partial charge < -0.3 is 21.1 Å². The summed E-state index contributed by atoms with van der Waals surface area (Å²) in [5.41, 5.74) is 5.70. The minimum Gasteiger partial charge on any atom is -0.376 e. The van der Waals surface area contributed by atoms with Crippen molar-refractivity contribution in [3.05, 3.63) is 0 Å². The Morgan fingerprint density at radius 3 is 2.78 bits per heavy atom. The van der Waals surface area contributed by atoms with Crippen LogP contribution in [0.1, 0.15) is 26.7 Å². The number of carbonyl (C=O) groups is 1. The molecule has 6 nitrogen and oxygen atoms in total. The van der Waals surface area contributed by atoms with Crippen molar-refractivity contribution in [2.24, 2.45) is 16.6 Å². The normalized spacial score (nSPS) is 20.2. The molecule has 1 fully saturated rings. The Labute approximate surface area is 108 Å². The molecule has 0 spiro atoms. The fraction of sp³-hybridized carbons (Fsp3) is 0.833. The van der Waals surface area contributed by atoms with Gasteiger partial charge in [0.15, 0.2) is 5.96 Å². The number of nitrogens with two attached hydrogens (primary N) is 1. The predicted molar refractivity (Wildman–Crippen MR) is 71.3 cm³/mol. The summed E-state index contributed by atoms with van der Waals surface area (Å²) in [4.78, 5) is 15.5. The van der Waals surface area contributed by atoms with Gasteiger partial charge in [0.1, 0.15) is 0 Å². The number of amides is 1. The van der Waals surface area contributed by atoms with Crippen molar-refractivity contribution >= 4 is 11.9 Å². The van der Waals surface area contributed by atoms with Gasteiger partial charge in [-0.2, -0.15) is 0 Å². The van der Waals surface area contributed by atoms with Crippen molar-refractivity contribution in [1.82, 2.24) is 10.6 Å². The zero-order valence-electron chi connectivity index (χ0n) is 11.2. The summed E-state index contributed by atoms with van der Waals surface area (Å²) in [6.45, 7) is 6.29. The molecule has 1 saturated heterocycles. The number of ether oxygens (including phenoxy) is 1. The molecule has 6 heteroatoms. The Kier molecular flexibility index (Phi) is 6.49. The van der Waals surface area contributed by atoms with Crippen molar-refractivity contribution in [3.63, 3.8) is 0 Å². The van der Waals surface area contributed by atoms with Crippen molar-refractivity contribution in [2.45, 2.75) is 32.8 Å². The van der Waals surface area contributed by atoms with Gasteiger partial charge in [0.2, 0.25) is 5.91 Å². The maximum Gasteiger partial charge on any atom is 0.222 e. The second kappa shape index (κ2) is 7.92. The van der Waals surface area contributed by atoms with Crippen LogP contribution in [-0.2, 0) is 9.53 Å². The van der Waals surface area contributed by atoms with Crippen LogP contribution in [0.15, 0.2) is 4.99 Å². The molecular formula is C12H24N4O2. The summed E-state index contributed by atoms with van der Waals surface area (Å²) in [5.74, 6) is 0.464.